The number of aromatic nitrogens is 4. The summed E-state index contributed by atoms with van der Waals surface area (Å²) in [5.74, 6) is 2.70. The molecule has 25 heavy (non-hydrogen) atoms. The van der Waals surface area contributed by atoms with E-state index in [2.05, 4.69) is 20.3 Å². The van der Waals surface area contributed by atoms with Crippen LogP contribution in [0.4, 0.5) is 0 Å². The van der Waals surface area contributed by atoms with Crippen molar-refractivity contribution in [1.82, 2.24) is 20.3 Å². The van der Waals surface area contributed by atoms with Crippen molar-refractivity contribution >= 4 is 10.8 Å². The lowest BCUT2D eigenvalue weighted by Crippen LogP contribution is -2.04. The van der Waals surface area contributed by atoms with E-state index in [-0.39, 0.29) is 6.10 Å². The van der Waals surface area contributed by atoms with Gasteiger partial charge in [-0.25, -0.2) is 0 Å². The molecule has 4 aromatic rings. The summed E-state index contributed by atoms with van der Waals surface area (Å²) in [6.45, 7) is 3.61. The zero-order valence-corrected chi connectivity index (χ0v) is 13.8. The lowest BCUT2D eigenvalue weighted by molar-refractivity contribution is 0.178. The van der Waals surface area contributed by atoms with Crippen molar-refractivity contribution in [2.75, 3.05) is 0 Å². The maximum atomic E-state index is 6.04. The zero-order chi connectivity index (χ0) is 17.2. The van der Waals surface area contributed by atoms with Gasteiger partial charge in [0.25, 0.3) is 5.89 Å². The Labute approximate surface area is 143 Å². The summed E-state index contributed by atoms with van der Waals surface area (Å²) >= 11 is 0. The molecule has 0 spiro atoms. The Balaban J connectivity index is 1.52. The fraction of sp³-hybridized carbons (Fsp3) is 0.222. The molecule has 0 radical (unpaired) electrons. The average Bonchev–Trinajstić information content (AvgIpc) is 3.25. The molecule has 2 aromatic heterocycles. The van der Waals surface area contributed by atoms with Gasteiger partial charge in [-0.05, 0) is 18.4 Å². The Morgan fingerprint density at radius 3 is 2.56 bits per heavy atom. The first kappa shape index (κ1) is 15.3. The van der Waals surface area contributed by atoms with Gasteiger partial charge in [0, 0.05) is 12.3 Å². The van der Waals surface area contributed by atoms with Gasteiger partial charge in [-0.1, -0.05) is 46.7 Å². The summed E-state index contributed by atoms with van der Waals surface area (Å²) in [5.41, 5.74) is 0. The van der Waals surface area contributed by atoms with Crippen molar-refractivity contribution < 1.29 is 13.8 Å². The molecule has 2 aromatic carbocycles. The smallest absolute Gasteiger partial charge is 0.267 e. The van der Waals surface area contributed by atoms with Gasteiger partial charge in [-0.3, -0.25) is 0 Å². The third kappa shape index (κ3) is 3.21. The van der Waals surface area contributed by atoms with E-state index in [0.717, 1.165) is 16.5 Å². The summed E-state index contributed by atoms with van der Waals surface area (Å²) in [7, 11) is 0. The van der Waals surface area contributed by atoms with Gasteiger partial charge in [0.05, 0.1) is 6.42 Å². The van der Waals surface area contributed by atoms with E-state index in [1.165, 1.54) is 0 Å². The van der Waals surface area contributed by atoms with Crippen LogP contribution in [0.15, 0.2) is 51.5 Å². The molecule has 126 valence electrons. The fourth-order valence-corrected chi connectivity index (χ4v) is 2.60. The third-order valence-electron chi connectivity index (χ3n) is 3.77. The van der Waals surface area contributed by atoms with Crippen molar-refractivity contribution in [1.29, 1.82) is 0 Å². The lowest BCUT2D eigenvalue weighted by Gasteiger charge is -2.12. The number of nitrogens with zero attached hydrogens (tertiary/aromatic N) is 4. The molecular formula is C18H16N4O3. The number of rotatable bonds is 5. The van der Waals surface area contributed by atoms with Crippen LogP contribution in [0, 0.1) is 6.92 Å². The number of benzene rings is 2. The van der Waals surface area contributed by atoms with Gasteiger partial charge in [-0.2, -0.15) is 9.97 Å². The van der Waals surface area contributed by atoms with E-state index in [1.54, 1.807) is 6.92 Å². The second kappa shape index (κ2) is 6.35. The monoisotopic (exact) mass is 336 g/mol. The van der Waals surface area contributed by atoms with Crippen molar-refractivity contribution in [2.45, 2.75) is 26.4 Å². The molecule has 0 amide bonds. The van der Waals surface area contributed by atoms with Crippen LogP contribution in [0.5, 0.6) is 5.75 Å². The van der Waals surface area contributed by atoms with E-state index in [4.69, 9.17) is 13.8 Å². The van der Waals surface area contributed by atoms with Gasteiger partial charge in [-0.15, -0.1) is 0 Å². The standard InChI is InChI=1S/C18H16N4O3/c1-11(23-15-9-5-7-13-6-3-4-8-14(13)15)18-20-17(22-25-18)10-16-19-12(2)24-21-16/h3-9,11H,10H2,1-2H3. The van der Waals surface area contributed by atoms with Gasteiger partial charge in [0.2, 0.25) is 5.89 Å². The molecule has 0 fully saturated rings. The number of hydrogen-bond donors (Lipinski definition) is 0. The molecule has 0 bridgehead atoms. The highest BCUT2D eigenvalue weighted by Gasteiger charge is 2.18. The highest BCUT2D eigenvalue weighted by molar-refractivity contribution is 5.88. The molecule has 2 heterocycles. The summed E-state index contributed by atoms with van der Waals surface area (Å²) < 4.78 is 16.3. The van der Waals surface area contributed by atoms with Crippen molar-refractivity contribution in [3.8, 4) is 5.75 Å². The molecule has 4 rings (SSSR count). The minimum atomic E-state index is -0.376. The molecule has 7 nitrogen and oxygen atoms in total. The van der Waals surface area contributed by atoms with Crippen LogP contribution in [-0.2, 0) is 6.42 Å². The first-order valence-corrected chi connectivity index (χ1v) is 7.95. The van der Waals surface area contributed by atoms with E-state index in [0.29, 0.717) is 29.9 Å². The Bertz CT molecular complexity index is 1000. The van der Waals surface area contributed by atoms with E-state index in [1.807, 2.05) is 49.4 Å². The fourth-order valence-electron chi connectivity index (χ4n) is 2.60. The maximum absolute atomic E-state index is 6.04. The predicted octanol–water partition coefficient (Wildman–Crippen LogP) is 3.65. The van der Waals surface area contributed by atoms with Gasteiger partial charge < -0.3 is 13.8 Å². The molecule has 0 saturated carbocycles. The van der Waals surface area contributed by atoms with Crippen LogP contribution in [0.25, 0.3) is 10.8 Å². The van der Waals surface area contributed by atoms with Crippen LogP contribution in [0.2, 0.25) is 0 Å². The van der Waals surface area contributed by atoms with Crippen LogP contribution in [0.3, 0.4) is 0 Å². The molecule has 0 N–H and O–H groups in total. The second-order valence-corrected chi connectivity index (χ2v) is 5.69. The number of hydrogen-bond acceptors (Lipinski definition) is 7. The zero-order valence-electron chi connectivity index (χ0n) is 13.8. The summed E-state index contributed by atoms with van der Waals surface area (Å²) in [5, 5.41) is 9.94. The molecular weight excluding hydrogens is 320 g/mol. The van der Waals surface area contributed by atoms with Gasteiger partial charge >= 0.3 is 0 Å². The largest absolute Gasteiger partial charge is 0.480 e. The van der Waals surface area contributed by atoms with Crippen LogP contribution in [0.1, 0.15) is 36.5 Å². The average molecular weight is 336 g/mol. The first-order valence-electron chi connectivity index (χ1n) is 7.95. The molecule has 0 aliphatic rings. The first-order chi connectivity index (χ1) is 12.2. The molecule has 1 unspecified atom stereocenters. The maximum Gasteiger partial charge on any atom is 0.267 e. The molecule has 0 aliphatic heterocycles. The minimum absolute atomic E-state index is 0.349. The van der Waals surface area contributed by atoms with Crippen LogP contribution in [-0.4, -0.2) is 20.3 Å². The number of ether oxygens (including phenoxy) is 1. The highest BCUT2D eigenvalue weighted by Crippen LogP contribution is 2.29. The van der Waals surface area contributed by atoms with Gasteiger partial charge in [0.15, 0.2) is 17.8 Å². The summed E-state index contributed by atoms with van der Waals surface area (Å²) in [4.78, 5) is 8.50. The Hall–Kier alpha value is -3.22. The quantitative estimate of drug-likeness (QED) is 0.550. The minimum Gasteiger partial charge on any atom is -0.480 e. The molecule has 7 heteroatoms. The van der Waals surface area contributed by atoms with Crippen molar-refractivity contribution in [3.63, 3.8) is 0 Å². The summed E-state index contributed by atoms with van der Waals surface area (Å²) in [6, 6.07) is 14.0. The molecule has 0 saturated heterocycles. The Morgan fingerprint density at radius 2 is 1.72 bits per heavy atom. The topological polar surface area (TPSA) is 87.1 Å². The molecule has 0 aliphatic carbocycles. The third-order valence-corrected chi connectivity index (χ3v) is 3.77. The molecule has 1 atom stereocenters. The van der Waals surface area contributed by atoms with Crippen molar-refractivity contribution in [2.24, 2.45) is 0 Å². The van der Waals surface area contributed by atoms with Crippen LogP contribution >= 0.6 is 0 Å². The summed E-state index contributed by atoms with van der Waals surface area (Å²) in [6.07, 6.45) is -0.0268. The van der Waals surface area contributed by atoms with Gasteiger partial charge in [0.1, 0.15) is 5.75 Å². The Morgan fingerprint density at radius 1 is 0.960 bits per heavy atom. The predicted molar refractivity (Wildman–Crippen MR) is 89.1 cm³/mol. The Kier molecular flexibility index (Phi) is 3.89. The normalized spacial score (nSPS) is 12.4. The van der Waals surface area contributed by atoms with E-state index < -0.39 is 0 Å². The lowest BCUT2D eigenvalue weighted by atomic mass is 10.1. The second-order valence-electron chi connectivity index (χ2n) is 5.69. The van der Waals surface area contributed by atoms with Crippen LogP contribution < -0.4 is 4.74 Å². The highest BCUT2D eigenvalue weighted by atomic mass is 16.5. The van der Waals surface area contributed by atoms with E-state index >= 15 is 0 Å². The SMILES string of the molecule is Cc1nc(Cc2noc(C(C)Oc3cccc4ccccc34)n2)no1. The number of fused-ring (bicyclic) bond motifs is 1. The van der Waals surface area contributed by atoms with E-state index in [9.17, 15) is 0 Å². The van der Waals surface area contributed by atoms with Crippen molar-refractivity contribution in [3.05, 3.63) is 65.9 Å². The number of aryl methyl sites for hydroxylation is 1.